The second-order valence-corrected chi connectivity index (χ2v) is 8.15. The minimum absolute atomic E-state index is 0.602. The van der Waals surface area contributed by atoms with Crippen LogP contribution >= 0.6 is 0 Å². The van der Waals surface area contributed by atoms with E-state index in [-0.39, 0.29) is 0 Å². The molecule has 3 fully saturated rings. The molecular formula is C22H31N3. The van der Waals surface area contributed by atoms with Crippen molar-refractivity contribution in [3.05, 3.63) is 29.3 Å². The van der Waals surface area contributed by atoms with Gasteiger partial charge in [-0.2, -0.15) is 5.26 Å². The fraction of sp³-hybridized carbons (Fsp3) is 0.682. The molecule has 0 aromatic heterocycles. The van der Waals surface area contributed by atoms with Gasteiger partial charge in [0.15, 0.2) is 0 Å². The van der Waals surface area contributed by atoms with Crippen LogP contribution in [-0.4, -0.2) is 37.1 Å². The maximum atomic E-state index is 9.90. The third-order valence-electron chi connectivity index (χ3n) is 6.69. The van der Waals surface area contributed by atoms with Crippen LogP contribution in [-0.2, 0) is 0 Å². The molecule has 3 heteroatoms. The molecule has 2 heterocycles. The van der Waals surface area contributed by atoms with Crippen LogP contribution < -0.4 is 4.90 Å². The van der Waals surface area contributed by atoms with Gasteiger partial charge < -0.3 is 9.80 Å². The third-order valence-corrected chi connectivity index (χ3v) is 6.69. The molecule has 0 bridgehead atoms. The van der Waals surface area contributed by atoms with E-state index in [0.717, 1.165) is 24.7 Å². The topological polar surface area (TPSA) is 30.3 Å². The van der Waals surface area contributed by atoms with E-state index in [0.29, 0.717) is 5.92 Å². The number of anilines is 1. The summed E-state index contributed by atoms with van der Waals surface area (Å²) in [7, 11) is 0. The first kappa shape index (κ1) is 16.9. The Kier molecular flexibility index (Phi) is 5.27. The molecule has 4 rings (SSSR count). The first-order valence-electron chi connectivity index (χ1n) is 10.4. The summed E-state index contributed by atoms with van der Waals surface area (Å²) in [5.74, 6) is 0.602. The van der Waals surface area contributed by atoms with Crippen LogP contribution in [0, 0.1) is 11.3 Å². The first-order valence-corrected chi connectivity index (χ1v) is 10.4. The van der Waals surface area contributed by atoms with Gasteiger partial charge in [0.2, 0.25) is 0 Å². The minimum Gasteiger partial charge on any atom is -0.370 e. The Morgan fingerprint density at radius 1 is 0.840 bits per heavy atom. The van der Waals surface area contributed by atoms with Gasteiger partial charge in [0, 0.05) is 19.1 Å². The van der Waals surface area contributed by atoms with Gasteiger partial charge in [0.05, 0.1) is 11.3 Å². The lowest BCUT2D eigenvalue weighted by Gasteiger charge is -2.38. The summed E-state index contributed by atoms with van der Waals surface area (Å²) in [6.07, 6.45) is 11.8. The summed E-state index contributed by atoms with van der Waals surface area (Å²) in [5, 5.41) is 9.90. The molecule has 1 aromatic rings. The van der Waals surface area contributed by atoms with Crippen molar-refractivity contribution in [1.82, 2.24) is 4.90 Å². The van der Waals surface area contributed by atoms with E-state index < -0.39 is 0 Å². The summed E-state index contributed by atoms with van der Waals surface area (Å²) < 4.78 is 0. The molecular weight excluding hydrogens is 306 g/mol. The van der Waals surface area contributed by atoms with Crippen molar-refractivity contribution >= 4 is 5.69 Å². The number of piperidine rings is 1. The first-order chi connectivity index (χ1) is 12.4. The molecule has 3 aliphatic rings. The normalized spacial score (nSPS) is 23.7. The van der Waals surface area contributed by atoms with Crippen LogP contribution in [0.25, 0.3) is 0 Å². The molecule has 134 valence electrons. The van der Waals surface area contributed by atoms with E-state index in [1.54, 1.807) is 0 Å². The minimum atomic E-state index is 0.602. The number of rotatable bonds is 3. The van der Waals surface area contributed by atoms with Gasteiger partial charge in [-0.25, -0.2) is 0 Å². The third kappa shape index (κ3) is 3.55. The number of nitriles is 1. The predicted octanol–water partition coefficient (Wildman–Crippen LogP) is 4.67. The summed E-state index contributed by atoms with van der Waals surface area (Å²) in [6, 6.07) is 9.93. The zero-order valence-electron chi connectivity index (χ0n) is 15.4. The lowest BCUT2D eigenvalue weighted by molar-refractivity contribution is 0.208. The van der Waals surface area contributed by atoms with Crippen LogP contribution in [0.2, 0.25) is 0 Å². The van der Waals surface area contributed by atoms with Crippen molar-refractivity contribution in [3.8, 4) is 6.07 Å². The Hall–Kier alpha value is -1.53. The average Bonchev–Trinajstić information content (AvgIpc) is 3.23. The van der Waals surface area contributed by atoms with Crippen molar-refractivity contribution in [3.63, 3.8) is 0 Å². The Morgan fingerprint density at radius 2 is 1.56 bits per heavy atom. The summed E-state index contributed by atoms with van der Waals surface area (Å²) in [6.45, 7) is 4.80. The summed E-state index contributed by atoms with van der Waals surface area (Å²) in [4.78, 5) is 5.18. The van der Waals surface area contributed by atoms with E-state index >= 15 is 0 Å². The molecule has 1 aromatic carbocycles. The Bertz CT molecular complexity index is 613. The Balaban J connectivity index is 1.49. The molecule has 3 nitrogen and oxygen atoms in total. The highest BCUT2D eigenvalue weighted by Crippen LogP contribution is 2.38. The van der Waals surface area contributed by atoms with Crippen LogP contribution in [0.1, 0.15) is 74.8 Å². The molecule has 2 saturated heterocycles. The quantitative estimate of drug-likeness (QED) is 0.803. The van der Waals surface area contributed by atoms with Crippen molar-refractivity contribution in [2.75, 3.05) is 31.1 Å². The Labute approximate surface area is 152 Å². The second kappa shape index (κ2) is 7.79. The van der Waals surface area contributed by atoms with Crippen molar-refractivity contribution in [2.24, 2.45) is 0 Å². The number of hydrogen-bond donors (Lipinski definition) is 0. The van der Waals surface area contributed by atoms with E-state index in [1.165, 1.54) is 82.1 Å². The van der Waals surface area contributed by atoms with Crippen molar-refractivity contribution < 1.29 is 0 Å². The van der Waals surface area contributed by atoms with E-state index in [9.17, 15) is 5.26 Å². The van der Waals surface area contributed by atoms with E-state index in [1.807, 2.05) is 0 Å². The second-order valence-electron chi connectivity index (χ2n) is 8.15. The SMILES string of the molecule is N#Cc1c(C2CCCCC2)cccc1N1CCC(N2CCCC2)CC1. The highest BCUT2D eigenvalue weighted by Gasteiger charge is 2.28. The number of nitrogens with zero attached hydrogens (tertiary/aromatic N) is 3. The summed E-state index contributed by atoms with van der Waals surface area (Å²) >= 11 is 0. The molecule has 0 atom stereocenters. The van der Waals surface area contributed by atoms with Gasteiger partial charge in [-0.05, 0) is 69.2 Å². The Morgan fingerprint density at radius 3 is 2.24 bits per heavy atom. The maximum absolute atomic E-state index is 9.90. The fourth-order valence-electron chi connectivity index (χ4n) is 5.28. The zero-order chi connectivity index (χ0) is 17.1. The average molecular weight is 338 g/mol. The number of hydrogen-bond acceptors (Lipinski definition) is 3. The van der Waals surface area contributed by atoms with E-state index in [4.69, 9.17) is 0 Å². The molecule has 0 N–H and O–H groups in total. The van der Waals surface area contributed by atoms with Crippen LogP contribution in [0.4, 0.5) is 5.69 Å². The van der Waals surface area contributed by atoms with Crippen LogP contribution in [0.3, 0.4) is 0 Å². The van der Waals surface area contributed by atoms with Gasteiger partial charge in [0.1, 0.15) is 6.07 Å². The van der Waals surface area contributed by atoms with E-state index in [2.05, 4.69) is 34.1 Å². The molecule has 1 saturated carbocycles. The number of benzene rings is 1. The largest absolute Gasteiger partial charge is 0.370 e. The number of likely N-dealkylation sites (tertiary alicyclic amines) is 1. The van der Waals surface area contributed by atoms with Gasteiger partial charge in [-0.15, -0.1) is 0 Å². The van der Waals surface area contributed by atoms with Gasteiger partial charge in [-0.1, -0.05) is 31.4 Å². The standard InChI is InChI=1S/C22H31N3/c23-17-21-20(18-7-2-1-3-8-18)9-6-10-22(21)25-15-11-19(12-16-25)24-13-4-5-14-24/h6,9-10,18-19H,1-5,7-8,11-16H2. The molecule has 1 aliphatic carbocycles. The maximum Gasteiger partial charge on any atom is 0.102 e. The predicted molar refractivity (Wildman–Crippen MR) is 103 cm³/mol. The zero-order valence-corrected chi connectivity index (χ0v) is 15.4. The molecule has 0 radical (unpaired) electrons. The van der Waals surface area contributed by atoms with Crippen molar-refractivity contribution in [2.45, 2.75) is 69.7 Å². The van der Waals surface area contributed by atoms with Crippen LogP contribution in [0.15, 0.2) is 18.2 Å². The molecule has 0 unspecified atom stereocenters. The molecule has 2 aliphatic heterocycles. The smallest absolute Gasteiger partial charge is 0.102 e. The monoisotopic (exact) mass is 337 g/mol. The van der Waals surface area contributed by atoms with Gasteiger partial charge >= 0.3 is 0 Å². The van der Waals surface area contributed by atoms with Crippen molar-refractivity contribution in [1.29, 1.82) is 5.26 Å². The highest BCUT2D eigenvalue weighted by molar-refractivity contribution is 5.63. The molecule has 0 amide bonds. The molecule has 0 spiro atoms. The molecule has 25 heavy (non-hydrogen) atoms. The van der Waals surface area contributed by atoms with Gasteiger partial charge in [-0.3, -0.25) is 0 Å². The summed E-state index contributed by atoms with van der Waals surface area (Å²) in [5.41, 5.74) is 3.49. The van der Waals surface area contributed by atoms with Gasteiger partial charge in [0.25, 0.3) is 0 Å². The lowest BCUT2D eigenvalue weighted by Crippen LogP contribution is -2.44. The highest BCUT2D eigenvalue weighted by atomic mass is 15.2. The lowest BCUT2D eigenvalue weighted by atomic mass is 9.81. The fourth-order valence-corrected chi connectivity index (χ4v) is 5.28. The van der Waals surface area contributed by atoms with Crippen LogP contribution in [0.5, 0.6) is 0 Å².